The minimum Gasteiger partial charge on any atom is -0.367 e. The number of nitrogens with one attached hydrogen (secondary N) is 1. The summed E-state index contributed by atoms with van der Waals surface area (Å²) in [4.78, 5) is 11.1. The van der Waals surface area contributed by atoms with Gasteiger partial charge < -0.3 is 10.1 Å². The van der Waals surface area contributed by atoms with E-state index in [9.17, 15) is 4.79 Å². The Balaban J connectivity index is 2.17. The summed E-state index contributed by atoms with van der Waals surface area (Å²) in [5.74, 6) is 2.13. The summed E-state index contributed by atoms with van der Waals surface area (Å²) < 4.78 is 5.20. The molecule has 1 N–H and O–H groups in total. The Bertz CT molecular complexity index is 340. The second kappa shape index (κ2) is 6.63. The van der Waals surface area contributed by atoms with E-state index in [0.717, 1.165) is 5.56 Å². The summed E-state index contributed by atoms with van der Waals surface area (Å²) in [6, 6.07) is 9.68. The molecule has 0 heterocycles. The van der Waals surface area contributed by atoms with Crippen molar-refractivity contribution in [3.05, 3.63) is 35.9 Å². The van der Waals surface area contributed by atoms with E-state index in [-0.39, 0.29) is 19.1 Å². The molecule has 0 aliphatic heterocycles. The summed E-state index contributed by atoms with van der Waals surface area (Å²) in [7, 11) is 0. The van der Waals surface area contributed by atoms with Crippen molar-refractivity contribution in [2.24, 2.45) is 0 Å². The third-order valence-electron chi connectivity index (χ3n) is 1.73. The van der Waals surface area contributed by atoms with Gasteiger partial charge in [0.05, 0.1) is 13.2 Å². The third-order valence-corrected chi connectivity index (χ3v) is 1.73. The average Bonchev–Trinajstić information content (AvgIpc) is 2.28. The molecule has 0 aliphatic carbocycles. The summed E-state index contributed by atoms with van der Waals surface area (Å²) in [6.45, 7) is 0.717. The lowest BCUT2D eigenvalue weighted by atomic mass is 10.2. The Morgan fingerprint density at radius 1 is 1.40 bits per heavy atom. The van der Waals surface area contributed by atoms with Crippen LogP contribution in [0, 0.1) is 12.3 Å². The highest BCUT2D eigenvalue weighted by Crippen LogP contribution is 1.99. The van der Waals surface area contributed by atoms with Gasteiger partial charge in [0.15, 0.2) is 0 Å². The van der Waals surface area contributed by atoms with Gasteiger partial charge in [0.2, 0.25) is 5.91 Å². The van der Waals surface area contributed by atoms with E-state index >= 15 is 0 Å². The molecule has 3 heteroatoms. The zero-order valence-electron chi connectivity index (χ0n) is 8.40. The fourth-order valence-electron chi connectivity index (χ4n) is 1.04. The summed E-state index contributed by atoms with van der Waals surface area (Å²) in [5, 5.41) is 2.52. The molecule has 15 heavy (non-hydrogen) atoms. The number of hydrogen-bond acceptors (Lipinski definition) is 2. The standard InChI is InChI=1S/C12H13NO2/c1-2-8-13-12(14)10-15-9-11-6-4-3-5-7-11/h1,3-7H,8-10H2,(H,13,14). The normalized spacial score (nSPS) is 9.27. The lowest BCUT2D eigenvalue weighted by Crippen LogP contribution is -2.27. The zero-order valence-corrected chi connectivity index (χ0v) is 8.40. The zero-order chi connectivity index (χ0) is 10.9. The molecule has 0 saturated heterocycles. The van der Waals surface area contributed by atoms with E-state index in [4.69, 9.17) is 11.2 Å². The second-order valence-electron chi connectivity index (χ2n) is 2.96. The minimum absolute atomic E-state index is 0.0383. The first-order valence-corrected chi connectivity index (χ1v) is 4.65. The van der Waals surface area contributed by atoms with Crippen molar-refractivity contribution in [1.82, 2.24) is 5.32 Å². The quantitative estimate of drug-likeness (QED) is 0.724. The van der Waals surface area contributed by atoms with Crippen LogP contribution in [0.3, 0.4) is 0 Å². The molecular weight excluding hydrogens is 190 g/mol. The van der Waals surface area contributed by atoms with Gasteiger partial charge in [-0.05, 0) is 5.56 Å². The summed E-state index contributed by atoms with van der Waals surface area (Å²) >= 11 is 0. The van der Waals surface area contributed by atoms with Crippen LogP contribution in [0.2, 0.25) is 0 Å². The van der Waals surface area contributed by atoms with Gasteiger partial charge in [-0.25, -0.2) is 0 Å². The number of amides is 1. The lowest BCUT2D eigenvalue weighted by molar-refractivity contribution is -0.125. The highest BCUT2D eigenvalue weighted by molar-refractivity contribution is 5.77. The maximum absolute atomic E-state index is 11.1. The van der Waals surface area contributed by atoms with E-state index in [2.05, 4.69) is 11.2 Å². The molecule has 0 unspecified atom stereocenters. The maximum atomic E-state index is 11.1. The molecule has 1 aromatic carbocycles. The molecule has 0 saturated carbocycles. The van der Waals surface area contributed by atoms with Crippen LogP contribution in [0.4, 0.5) is 0 Å². The molecule has 0 fully saturated rings. The van der Waals surface area contributed by atoms with Gasteiger partial charge >= 0.3 is 0 Å². The van der Waals surface area contributed by atoms with Crippen molar-refractivity contribution in [2.75, 3.05) is 13.2 Å². The number of carbonyl (C=O) groups is 1. The third kappa shape index (κ3) is 4.84. The first kappa shape index (κ1) is 11.3. The number of terminal acetylenes is 1. The molecule has 3 nitrogen and oxygen atoms in total. The number of rotatable bonds is 5. The molecule has 1 aromatic rings. The summed E-state index contributed by atoms with van der Waals surface area (Å²) in [6.07, 6.45) is 4.99. The average molecular weight is 203 g/mol. The van der Waals surface area contributed by atoms with Gasteiger partial charge in [0.1, 0.15) is 6.61 Å². The Hall–Kier alpha value is -1.79. The molecule has 0 aliphatic rings. The monoisotopic (exact) mass is 203 g/mol. The molecule has 78 valence electrons. The predicted molar refractivity (Wildman–Crippen MR) is 57.9 cm³/mol. The number of benzene rings is 1. The molecule has 0 atom stereocenters. The van der Waals surface area contributed by atoms with Gasteiger partial charge in [-0.3, -0.25) is 4.79 Å². The molecule has 1 rings (SSSR count). The van der Waals surface area contributed by atoms with Crippen LogP contribution < -0.4 is 5.32 Å². The van der Waals surface area contributed by atoms with E-state index in [1.54, 1.807) is 0 Å². The van der Waals surface area contributed by atoms with Crippen molar-refractivity contribution >= 4 is 5.91 Å². The first-order valence-electron chi connectivity index (χ1n) is 4.65. The van der Waals surface area contributed by atoms with E-state index in [1.807, 2.05) is 30.3 Å². The molecule has 0 radical (unpaired) electrons. The predicted octanol–water partition coefficient (Wildman–Crippen LogP) is 0.953. The highest BCUT2D eigenvalue weighted by Gasteiger charge is 1.99. The first-order chi connectivity index (χ1) is 7.33. The van der Waals surface area contributed by atoms with Gasteiger partial charge in [-0.15, -0.1) is 6.42 Å². The second-order valence-corrected chi connectivity index (χ2v) is 2.96. The SMILES string of the molecule is C#CCNC(=O)COCc1ccccc1. The van der Waals surface area contributed by atoms with Crippen LogP contribution in [0.1, 0.15) is 5.56 Å². The van der Waals surface area contributed by atoms with E-state index in [0.29, 0.717) is 6.61 Å². The fraction of sp³-hybridized carbons (Fsp3) is 0.250. The van der Waals surface area contributed by atoms with Crippen LogP contribution in [0.15, 0.2) is 30.3 Å². The van der Waals surface area contributed by atoms with Crippen LogP contribution in [-0.4, -0.2) is 19.1 Å². The van der Waals surface area contributed by atoms with Gasteiger partial charge in [0, 0.05) is 0 Å². The number of carbonyl (C=O) groups excluding carboxylic acids is 1. The van der Waals surface area contributed by atoms with Crippen LogP contribution in [0.25, 0.3) is 0 Å². The Morgan fingerprint density at radius 3 is 2.80 bits per heavy atom. The van der Waals surface area contributed by atoms with Crippen LogP contribution >= 0.6 is 0 Å². The van der Waals surface area contributed by atoms with Gasteiger partial charge in [-0.1, -0.05) is 36.3 Å². The lowest BCUT2D eigenvalue weighted by Gasteiger charge is -2.03. The number of hydrogen-bond donors (Lipinski definition) is 1. The van der Waals surface area contributed by atoms with Crippen LogP contribution in [-0.2, 0) is 16.1 Å². The molecule has 0 spiro atoms. The van der Waals surface area contributed by atoms with Crippen LogP contribution in [0.5, 0.6) is 0 Å². The van der Waals surface area contributed by atoms with Crippen molar-refractivity contribution in [2.45, 2.75) is 6.61 Å². The Labute approximate surface area is 89.4 Å². The van der Waals surface area contributed by atoms with Gasteiger partial charge in [0.25, 0.3) is 0 Å². The fourth-order valence-corrected chi connectivity index (χ4v) is 1.04. The molecule has 0 bridgehead atoms. The minimum atomic E-state index is -0.191. The van der Waals surface area contributed by atoms with E-state index < -0.39 is 0 Å². The van der Waals surface area contributed by atoms with Crippen molar-refractivity contribution in [3.63, 3.8) is 0 Å². The van der Waals surface area contributed by atoms with E-state index in [1.165, 1.54) is 0 Å². The Kier molecular flexibility index (Phi) is 4.99. The topological polar surface area (TPSA) is 38.3 Å². The summed E-state index contributed by atoms with van der Waals surface area (Å²) in [5.41, 5.74) is 1.04. The van der Waals surface area contributed by atoms with Gasteiger partial charge in [-0.2, -0.15) is 0 Å². The maximum Gasteiger partial charge on any atom is 0.246 e. The highest BCUT2D eigenvalue weighted by atomic mass is 16.5. The Morgan fingerprint density at radius 2 is 2.13 bits per heavy atom. The molecular formula is C12H13NO2. The van der Waals surface area contributed by atoms with Crippen molar-refractivity contribution in [3.8, 4) is 12.3 Å². The van der Waals surface area contributed by atoms with Crippen molar-refractivity contribution in [1.29, 1.82) is 0 Å². The largest absolute Gasteiger partial charge is 0.367 e. The smallest absolute Gasteiger partial charge is 0.246 e. The molecule has 0 aromatic heterocycles. The van der Waals surface area contributed by atoms with Crippen molar-refractivity contribution < 1.29 is 9.53 Å². The molecule has 1 amide bonds. The number of ether oxygens (including phenoxy) is 1.